The van der Waals surface area contributed by atoms with E-state index in [0.717, 1.165) is 5.39 Å². The Kier molecular flexibility index (Phi) is 2.98. The lowest BCUT2D eigenvalue weighted by Gasteiger charge is -2.05. The van der Waals surface area contributed by atoms with Gasteiger partial charge in [0.25, 0.3) is 5.91 Å². The third kappa shape index (κ3) is 2.38. The van der Waals surface area contributed by atoms with E-state index in [1.165, 1.54) is 6.07 Å². The summed E-state index contributed by atoms with van der Waals surface area (Å²) in [6.07, 6.45) is 0. The fourth-order valence-corrected chi connectivity index (χ4v) is 2.49. The number of furan rings is 1. The fourth-order valence-electron chi connectivity index (χ4n) is 2.49. The molecule has 0 radical (unpaired) electrons. The number of rotatable bonds is 2. The Labute approximate surface area is 130 Å². The number of carbonyl (C=O) groups excluding carboxylic acids is 1. The van der Waals surface area contributed by atoms with Crippen LogP contribution in [0, 0.1) is 0 Å². The molecule has 1 amide bonds. The Morgan fingerprint density at radius 2 is 1.61 bits per heavy atom. The number of amides is 1. The lowest BCUT2D eigenvalue weighted by molar-refractivity contribution is 0.0999. The summed E-state index contributed by atoms with van der Waals surface area (Å²) >= 11 is 0. The Morgan fingerprint density at radius 1 is 0.870 bits per heavy atom. The topological polar surface area (TPSA) is 72.5 Å². The number of nitrogens with one attached hydrogen (secondary N) is 1. The molecule has 0 aliphatic rings. The van der Waals surface area contributed by atoms with E-state index >= 15 is 0 Å². The van der Waals surface area contributed by atoms with Gasteiger partial charge in [0.2, 0.25) is 0 Å². The summed E-state index contributed by atoms with van der Waals surface area (Å²) in [5.41, 5.74) is 0.918. The van der Waals surface area contributed by atoms with Crippen molar-refractivity contribution in [1.82, 2.24) is 0 Å². The second kappa shape index (κ2) is 5.14. The maximum absolute atomic E-state index is 12.4. The highest BCUT2D eigenvalue weighted by atomic mass is 16.4. The molecule has 0 saturated carbocycles. The first-order chi connectivity index (χ1) is 11.2. The van der Waals surface area contributed by atoms with Crippen LogP contribution in [-0.4, -0.2) is 5.91 Å². The molecule has 0 atom stereocenters. The van der Waals surface area contributed by atoms with Gasteiger partial charge in [0, 0.05) is 16.8 Å². The average molecular weight is 305 g/mol. The van der Waals surface area contributed by atoms with Crippen LogP contribution < -0.4 is 10.9 Å². The number of hydrogen-bond acceptors (Lipinski definition) is 4. The van der Waals surface area contributed by atoms with Crippen molar-refractivity contribution in [1.29, 1.82) is 0 Å². The fraction of sp³-hybridized carbons (Fsp3) is 0. The molecule has 0 bridgehead atoms. The van der Waals surface area contributed by atoms with Crippen molar-refractivity contribution in [3.8, 4) is 0 Å². The van der Waals surface area contributed by atoms with Crippen LogP contribution in [0.4, 0.5) is 5.69 Å². The number of anilines is 1. The van der Waals surface area contributed by atoms with Crippen LogP contribution in [-0.2, 0) is 0 Å². The molecule has 2 aromatic carbocycles. The quantitative estimate of drug-likeness (QED) is 0.572. The van der Waals surface area contributed by atoms with Gasteiger partial charge in [-0.1, -0.05) is 30.3 Å². The summed E-state index contributed by atoms with van der Waals surface area (Å²) in [5, 5.41) is 4.20. The largest absolute Gasteiger partial charge is 0.451 e. The van der Waals surface area contributed by atoms with E-state index < -0.39 is 11.5 Å². The Hall–Kier alpha value is -3.34. The van der Waals surface area contributed by atoms with Gasteiger partial charge in [-0.3, -0.25) is 4.79 Å². The van der Waals surface area contributed by atoms with Crippen LogP contribution in [0.2, 0.25) is 0 Å². The maximum Gasteiger partial charge on any atom is 0.338 e. The predicted molar refractivity (Wildman–Crippen MR) is 86.7 cm³/mol. The molecular formula is C18H11NO4. The van der Waals surface area contributed by atoms with Crippen LogP contribution in [0.25, 0.3) is 21.9 Å². The van der Waals surface area contributed by atoms with Gasteiger partial charge in [0.05, 0.1) is 5.69 Å². The van der Waals surface area contributed by atoms with Crippen molar-refractivity contribution in [3.05, 3.63) is 76.8 Å². The van der Waals surface area contributed by atoms with Crippen LogP contribution in [0.15, 0.2) is 74.3 Å². The molecule has 2 heterocycles. The summed E-state index contributed by atoms with van der Waals surface area (Å²) in [7, 11) is 0. The summed E-state index contributed by atoms with van der Waals surface area (Å²) in [5.74, 6) is -0.236. The van der Waals surface area contributed by atoms with Gasteiger partial charge >= 0.3 is 5.63 Å². The van der Waals surface area contributed by atoms with Gasteiger partial charge in [-0.25, -0.2) is 4.79 Å². The molecule has 23 heavy (non-hydrogen) atoms. The molecule has 4 aromatic rings. The van der Waals surface area contributed by atoms with Crippen LogP contribution in [0.5, 0.6) is 0 Å². The first kappa shape index (κ1) is 13.3. The van der Waals surface area contributed by atoms with E-state index in [-0.39, 0.29) is 5.76 Å². The van der Waals surface area contributed by atoms with E-state index in [2.05, 4.69) is 5.32 Å². The normalized spacial score (nSPS) is 11.0. The van der Waals surface area contributed by atoms with Gasteiger partial charge in [-0.05, 0) is 24.3 Å². The lowest BCUT2D eigenvalue weighted by atomic mass is 10.2. The van der Waals surface area contributed by atoms with Crippen LogP contribution in [0.3, 0.4) is 0 Å². The predicted octanol–water partition coefficient (Wildman–Crippen LogP) is 3.79. The molecule has 2 aromatic heterocycles. The van der Waals surface area contributed by atoms with Gasteiger partial charge in [0.15, 0.2) is 5.76 Å². The van der Waals surface area contributed by atoms with E-state index in [1.54, 1.807) is 36.4 Å². The zero-order valence-corrected chi connectivity index (χ0v) is 11.9. The number of fused-ring (bicyclic) bond motifs is 2. The Morgan fingerprint density at radius 3 is 2.43 bits per heavy atom. The molecule has 5 nitrogen and oxygen atoms in total. The third-order valence-electron chi connectivity index (χ3n) is 3.55. The minimum Gasteiger partial charge on any atom is -0.451 e. The summed E-state index contributed by atoms with van der Waals surface area (Å²) < 4.78 is 10.6. The second-order valence-corrected chi connectivity index (χ2v) is 5.08. The Bertz CT molecular complexity index is 1060. The Balaban J connectivity index is 1.75. The first-order valence-corrected chi connectivity index (χ1v) is 7.03. The maximum atomic E-state index is 12.4. The minimum absolute atomic E-state index is 0.184. The average Bonchev–Trinajstić information content (AvgIpc) is 2.99. The van der Waals surface area contributed by atoms with Gasteiger partial charge in [-0.2, -0.15) is 0 Å². The first-order valence-electron chi connectivity index (χ1n) is 7.03. The smallest absolute Gasteiger partial charge is 0.338 e. The lowest BCUT2D eigenvalue weighted by Crippen LogP contribution is -2.13. The summed E-state index contributed by atoms with van der Waals surface area (Å²) in [6.45, 7) is 0. The molecule has 5 heteroatoms. The SMILES string of the molecule is O=C(Nc1cc(=O)oc2ccccc12)c1cc2ccccc2o1. The number of para-hydroxylation sites is 2. The van der Waals surface area contributed by atoms with Crippen LogP contribution >= 0.6 is 0 Å². The summed E-state index contributed by atoms with van der Waals surface area (Å²) in [4.78, 5) is 24.0. The second-order valence-electron chi connectivity index (χ2n) is 5.08. The molecule has 4 rings (SSSR count). The molecule has 0 unspecified atom stereocenters. The van der Waals surface area contributed by atoms with Crippen molar-refractivity contribution in [2.24, 2.45) is 0 Å². The van der Waals surface area contributed by atoms with Gasteiger partial charge < -0.3 is 14.2 Å². The standard InChI is InChI=1S/C18H11NO4/c20-17-10-13(12-6-2-4-8-15(12)23-17)19-18(21)16-9-11-5-1-3-7-14(11)22-16/h1-10H,(H,19,21). The highest BCUT2D eigenvalue weighted by Gasteiger charge is 2.14. The van der Waals surface area contributed by atoms with E-state index in [0.29, 0.717) is 22.2 Å². The highest BCUT2D eigenvalue weighted by Crippen LogP contribution is 2.23. The zero-order chi connectivity index (χ0) is 15.8. The van der Waals surface area contributed by atoms with Crippen molar-refractivity contribution in [2.75, 3.05) is 5.32 Å². The van der Waals surface area contributed by atoms with E-state index in [9.17, 15) is 9.59 Å². The molecular weight excluding hydrogens is 294 g/mol. The zero-order valence-electron chi connectivity index (χ0n) is 11.9. The minimum atomic E-state index is -0.524. The molecule has 0 fully saturated rings. The third-order valence-corrected chi connectivity index (χ3v) is 3.55. The monoisotopic (exact) mass is 305 g/mol. The van der Waals surface area contributed by atoms with Crippen molar-refractivity contribution in [2.45, 2.75) is 0 Å². The van der Waals surface area contributed by atoms with E-state index in [4.69, 9.17) is 8.83 Å². The summed E-state index contributed by atoms with van der Waals surface area (Å²) in [6, 6.07) is 17.3. The van der Waals surface area contributed by atoms with Crippen LogP contribution in [0.1, 0.15) is 10.6 Å². The molecule has 0 aliphatic heterocycles. The number of benzene rings is 2. The van der Waals surface area contributed by atoms with Crippen molar-refractivity contribution in [3.63, 3.8) is 0 Å². The number of carbonyl (C=O) groups is 1. The highest BCUT2D eigenvalue weighted by molar-refractivity contribution is 6.08. The molecule has 0 saturated heterocycles. The van der Waals surface area contributed by atoms with Crippen molar-refractivity contribution < 1.29 is 13.6 Å². The van der Waals surface area contributed by atoms with Crippen molar-refractivity contribution >= 4 is 33.5 Å². The molecule has 0 spiro atoms. The van der Waals surface area contributed by atoms with Gasteiger partial charge in [-0.15, -0.1) is 0 Å². The van der Waals surface area contributed by atoms with E-state index in [1.807, 2.05) is 18.2 Å². The molecule has 0 aliphatic carbocycles. The van der Waals surface area contributed by atoms with Gasteiger partial charge in [0.1, 0.15) is 11.2 Å². The number of hydrogen-bond donors (Lipinski definition) is 1. The molecule has 1 N–H and O–H groups in total. The molecule has 112 valence electrons.